The van der Waals surface area contributed by atoms with Crippen LogP contribution in [0.4, 0.5) is 0 Å². The van der Waals surface area contributed by atoms with E-state index in [1.807, 2.05) is 4.90 Å². The first-order chi connectivity index (χ1) is 8.99. The lowest BCUT2D eigenvalue weighted by Gasteiger charge is -2.61. The molecular weight excluding hydrogens is 236 g/mol. The highest BCUT2D eigenvalue weighted by Crippen LogP contribution is 2.50. The fourth-order valence-electron chi connectivity index (χ4n) is 4.39. The fraction of sp³-hybridized carbons (Fsp3) is 0.938. The molecule has 3 rings (SSSR count). The summed E-state index contributed by atoms with van der Waals surface area (Å²) in [5.74, 6) is 2.06. The van der Waals surface area contributed by atoms with Crippen molar-refractivity contribution in [1.29, 1.82) is 0 Å². The molecule has 3 fully saturated rings. The second-order valence-corrected chi connectivity index (χ2v) is 7.55. The summed E-state index contributed by atoms with van der Waals surface area (Å²) in [4.78, 5) is 16.0. The lowest BCUT2D eigenvalue weighted by Crippen LogP contribution is -2.67. The lowest BCUT2D eigenvalue weighted by molar-refractivity contribution is -0.156. The van der Waals surface area contributed by atoms with E-state index in [1.54, 1.807) is 6.92 Å². The van der Waals surface area contributed by atoms with Crippen molar-refractivity contribution in [3.63, 3.8) is 0 Å². The zero-order chi connectivity index (χ0) is 13.6. The number of amides is 1. The average molecular weight is 264 g/mol. The van der Waals surface area contributed by atoms with Crippen LogP contribution in [0.1, 0.15) is 46.5 Å². The summed E-state index contributed by atoms with van der Waals surface area (Å²) >= 11 is 0. The number of likely N-dealkylation sites (tertiary alicyclic amines) is 2. The molecule has 0 bridgehead atoms. The molecule has 1 spiro atoms. The maximum Gasteiger partial charge on any atom is 0.219 e. The average Bonchev–Trinajstić information content (AvgIpc) is 2.25. The van der Waals surface area contributed by atoms with Crippen molar-refractivity contribution in [3.05, 3.63) is 0 Å². The van der Waals surface area contributed by atoms with Gasteiger partial charge in [0.05, 0.1) is 0 Å². The summed E-state index contributed by atoms with van der Waals surface area (Å²) in [6.45, 7) is 11.1. The van der Waals surface area contributed by atoms with Crippen molar-refractivity contribution in [2.24, 2.45) is 17.3 Å². The molecule has 1 aliphatic carbocycles. The van der Waals surface area contributed by atoms with Crippen LogP contribution in [0, 0.1) is 17.3 Å². The summed E-state index contributed by atoms with van der Waals surface area (Å²) in [6, 6.07) is 0.822. The third kappa shape index (κ3) is 2.42. The molecule has 0 unspecified atom stereocenters. The molecule has 0 N–H and O–H groups in total. The van der Waals surface area contributed by atoms with Crippen molar-refractivity contribution in [2.75, 3.05) is 26.2 Å². The second kappa shape index (κ2) is 4.76. The highest BCUT2D eigenvalue weighted by Gasteiger charge is 2.54. The molecule has 0 aromatic carbocycles. The van der Waals surface area contributed by atoms with Crippen molar-refractivity contribution >= 4 is 5.91 Å². The molecule has 2 saturated heterocycles. The van der Waals surface area contributed by atoms with Gasteiger partial charge < -0.3 is 9.80 Å². The van der Waals surface area contributed by atoms with Gasteiger partial charge >= 0.3 is 0 Å². The van der Waals surface area contributed by atoms with Crippen LogP contribution in [0.3, 0.4) is 0 Å². The Labute approximate surface area is 117 Å². The van der Waals surface area contributed by atoms with Gasteiger partial charge in [0.25, 0.3) is 0 Å². The Morgan fingerprint density at radius 2 is 1.74 bits per heavy atom. The van der Waals surface area contributed by atoms with Crippen LogP contribution in [0.25, 0.3) is 0 Å². The molecule has 19 heavy (non-hydrogen) atoms. The molecule has 0 aromatic rings. The van der Waals surface area contributed by atoms with E-state index in [1.165, 1.54) is 38.8 Å². The predicted octanol–water partition coefficient (Wildman–Crippen LogP) is 2.37. The quantitative estimate of drug-likeness (QED) is 0.764. The third-order valence-electron chi connectivity index (χ3n) is 5.87. The number of rotatable bonds is 2. The molecule has 0 atom stereocenters. The van der Waals surface area contributed by atoms with E-state index in [-0.39, 0.29) is 5.91 Å². The van der Waals surface area contributed by atoms with E-state index in [4.69, 9.17) is 0 Å². The van der Waals surface area contributed by atoms with Gasteiger partial charge in [0, 0.05) is 31.5 Å². The SMILES string of the molecule is CC(=O)N1CC2(CC(N3CCC(C(C)C)CC3)C2)C1. The Morgan fingerprint density at radius 3 is 2.21 bits per heavy atom. The lowest BCUT2D eigenvalue weighted by atomic mass is 9.60. The van der Waals surface area contributed by atoms with Gasteiger partial charge in [-0.1, -0.05) is 13.8 Å². The van der Waals surface area contributed by atoms with Gasteiger partial charge in [-0.05, 0) is 50.6 Å². The predicted molar refractivity (Wildman–Crippen MR) is 76.8 cm³/mol. The number of nitrogens with zero attached hydrogens (tertiary/aromatic N) is 2. The number of hydrogen-bond donors (Lipinski definition) is 0. The van der Waals surface area contributed by atoms with Crippen LogP contribution < -0.4 is 0 Å². The highest BCUT2D eigenvalue weighted by molar-refractivity contribution is 5.74. The largest absolute Gasteiger partial charge is 0.342 e. The first-order valence-electron chi connectivity index (χ1n) is 7.99. The van der Waals surface area contributed by atoms with Gasteiger partial charge in [-0.25, -0.2) is 0 Å². The maximum atomic E-state index is 11.3. The van der Waals surface area contributed by atoms with Crippen LogP contribution in [-0.2, 0) is 4.79 Å². The molecule has 2 heterocycles. The summed E-state index contributed by atoms with van der Waals surface area (Å²) in [5.41, 5.74) is 0.519. The zero-order valence-corrected chi connectivity index (χ0v) is 12.7. The van der Waals surface area contributed by atoms with Gasteiger partial charge in [-0.2, -0.15) is 0 Å². The van der Waals surface area contributed by atoms with Crippen molar-refractivity contribution < 1.29 is 4.79 Å². The normalized spacial score (nSPS) is 28.5. The molecule has 2 aliphatic heterocycles. The molecule has 0 aromatic heterocycles. The minimum Gasteiger partial charge on any atom is -0.342 e. The van der Waals surface area contributed by atoms with E-state index in [0.29, 0.717) is 5.41 Å². The summed E-state index contributed by atoms with van der Waals surface area (Å²) in [5, 5.41) is 0. The Balaban J connectivity index is 1.42. The molecule has 3 nitrogen and oxygen atoms in total. The summed E-state index contributed by atoms with van der Waals surface area (Å²) < 4.78 is 0. The molecular formula is C16H28N2O. The van der Waals surface area contributed by atoms with Crippen LogP contribution in [-0.4, -0.2) is 47.9 Å². The van der Waals surface area contributed by atoms with Crippen LogP contribution in [0.15, 0.2) is 0 Å². The van der Waals surface area contributed by atoms with Crippen molar-refractivity contribution in [1.82, 2.24) is 9.80 Å². The molecule has 1 amide bonds. The topological polar surface area (TPSA) is 23.6 Å². The van der Waals surface area contributed by atoms with E-state index in [0.717, 1.165) is 31.0 Å². The minimum atomic E-state index is 0.256. The summed E-state index contributed by atoms with van der Waals surface area (Å²) in [6.07, 6.45) is 5.45. The Hall–Kier alpha value is -0.570. The van der Waals surface area contributed by atoms with Crippen LogP contribution in [0.2, 0.25) is 0 Å². The van der Waals surface area contributed by atoms with Gasteiger partial charge in [0.15, 0.2) is 0 Å². The van der Waals surface area contributed by atoms with Crippen molar-refractivity contribution in [3.8, 4) is 0 Å². The molecule has 108 valence electrons. The Bertz CT molecular complexity index is 344. The van der Waals surface area contributed by atoms with E-state index >= 15 is 0 Å². The van der Waals surface area contributed by atoms with Crippen LogP contribution in [0.5, 0.6) is 0 Å². The van der Waals surface area contributed by atoms with E-state index in [9.17, 15) is 4.79 Å². The minimum absolute atomic E-state index is 0.256. The van der Waals surface area contributed by atoms with Gasteiger partial charge in [0.2, 0.25) is 5.91 Å². The number of carbonyl (C=O) groups is 1. The van der Waals surface area contributed by atoms with Gasteiger partial charge in [-0.3, -0.25) is 4.79 Å². The molecule has 3 heteroatoms. The highest BCUT2D eigenvalue weighted by atomic mass is 16.2. The van der Waals surface area contributed by atoms with Gasteiger partial charge in [0.1, 0.15) is 0 Å². The first kappa shape index (κ1) is 13.4. The zero-order valence-electron chi connectivity index (χ0n) is 12.7. The molecule has 1 saturated carbocycles. The second-order valence-electron chi connectivity index (χ2n) is 7.55. The van der Waals surface area contributed by atoms with Crippen molar-refractivity contribution in [2.45, 2.75) is 52.5 Å². The monoisotopic (exact) mass is 264 g/mol. The van der Waals surface area contributed by atoms with Crippen LogP contribution >= 0.6 is 0 Å². The Morgan fingerprint density at radius 1 is 1.16 bits per heavy atom. The maximum absolute atomic E-state index is 11.3. The summed E-state index contributed by atoms with van der Waals surface area (Å²) in [7, 11) is 0. The number of carbonyl (C=O) groups excluding carboxylic acids is 1. The standard InChI is InChI=1S/C16H28N2O/c1-12(2)14-4-6-17(7-5-14)15-8-16(9-15)10-18(11-16)13(3)19/h12,14-15H,4-11H2,1-3H3. The number of piperidine rings is 1. The Kier molecular flexibility index (Phi) is 3.36. The van der Waals surface area contributed by atoms with E-state index in [2.05, 4.69) is 18.7 Å². The molecule has 3 aliphatic rings. The smallest absolute Gasteiger partial charge is 0.219 e. The number of hydrogen-bond acceptors (Lipinski definition) is 2. The van der Waals surface area contributed by atoms with Gasteiger partial charge in [-0.15, -0.1) is 0 Å². The molecule has 0 radical (unpaired) electrons. The first-order valence-corrected chi connectivity index (χ1v) is 7.99. The fourth-order valence-corrected chi connectivity index (χ4v) is 4.39. The van der Waals surface area contributed by atoms with E-state index < -0.39 is 0 Å². The third-order valence-corrected chi connectivity index (χ3v) is 5.87.